The molecule has 2 aromatic carbocycles. The predicted octanol–water partition coefficient (Wildman–Crippen LogP) is 3.99. The number of halogens is 3. The molecule has 2 nitrogen and oxygen atoms in total. The Morgan fingerprint density at radius 2 is 1.70 bits per heavy atom. The summed E-state index contributed by atoms with van der Waals surface area (Å²) in [6.07, 6.45) is -3.39. The summed E-state index contributed by atoms with van der Waals surface area (Å²) in [6.45, 7) is 0. The molecule has 5 heteroatoms. The SMILES string of the molecule is O=Cc1cccc(Cc2ccc(OC(F)(F)F)cc2)c1. The van der Waals surface area contributed by atoms with Crippen LogP contribution in [0.4, 0.5) is 13.2 Å². The second-order valence-corrected chi connectivity index (χ2v) is 4.23. The lowest BCUT2D eigenvalue weighted by atomic mass is 10.0. The molecule has 0 unspecified atom stereocenters. The molecular formula is C15H11F3O2. The lowest BCUT2D eigenvalue weighted by Crippen LogP contribution is -2.17. The summed E-state index contributed by atoms with van der Waals surface area (Å²) in [5, 5.41) is 0. The molecule has 2 rings (SSSR count). The lowest BCUT2D eigenvalue weighted by molar-refractivity contribution is -0.274. The van der Waals surface area contributed by atoms with Gasteiger partial charge in [0, 0.05) is 5.56 Å². The van der Waals surface area contributed by atoms with Crippen molar-refractivity contribution in [2.24, 2.45) is 0 Å². The van der Waals surface area contributed by atoms with Crippen molar-refractivity contribution in [3.05, 3.63) is 65.2 Å². The van der Waals surface area contributed by atoms with Crippen LogP contribution in [-0.2, 0) is 6.42 Å². The van der Waals surface area contributed by atoms with Crippen molar-refractivity contribution in [2.75, 3.05) is 0 Å². The van der Waals surface area contributed by atoms with Gasteiger partial charge >= 0.3 is 6.36 Å². The molecule has 0 spiro atoms. The van der Waals surface area contributed by atoms with E-state index in [0.29, 0.717) is 12.0 Å². The Labute approximate surface area is 113 Å². The van der Waals surface area contributed by atoms with Gasteiger partial charge in [0.1, 0.15) is 12.0 Å². The zero-order valence-electron chi connectivity index (χ0n) is 10.4. The Morgan fingerprint density at radius 1 is 1.00 bits per heavy atom. The molecule has 0 saturated carbocycles. The third-order valence-corrected chi connectivity index (χ3v) is 2.65. The molecule has 0 aliphatic rings. The third-order valence-electron chi connectivity index (χ3n) is 2.65. The standard InChI is InChI=1S/C15H11F3O2/c16-15(17,18)20-14-6-4-11(5-7-14)8-12-2-1-3-13(9-12)10-19/h1-7,9-10H,8H2. The quantitative estimate of drug-likeness (QED) is 0.792. The molecule has 0 aromatic heterocycles. The highest BCUT2D eigenvalue weighted by Gasteiger charge is 2.30. The van der Waals surface area contributed by atoms with Crippen LogP contribution in [0.15, 0.2) is 48.5 Å². The summed E-state index contributed by atoms with van der Waals surface area (Å²) in [7, 11) is 0. The average Bonchev–Trinajstić information content (AvgIpc) is 2.40. The molecule has 0 heterocycles. The molecule has 20 heavy (non-hydrogen) atoms. The number of hydrogen-bond acceptors (Lipinski definition) is 2. The van der Waals surface area contributed by atoms with Crippen molar-refractivity contribution in [2.45, 2.75) is 12.8 Å². The van der Waals surface area contributed by atoms with Crippen molar-refractivity contribution in [3.63, 3.8) is 0 Å². The fourth-order valence-electron chi connectivity index (χ4n) is 1.82. The minimum absolute atomic E-state index is 0.247. The molecule has 0 amide bonds. The highest BCUT2D eigenvalue weighted by molar-refractivity contribution is 5.74. The van der Waals surface area contributed by atoms with E-state index >= 15 is 0 Å². The molecule has 0 radical (unpaired) electrons. The molecule has 0 aliphatic carbocycles. The molecule has 2 aromatic rings. The Morgan fingerprint density at radius 3 is 2.30 bits per heavy atom. The number of carbonyl (C=O) groups excluding carboxylic acids is 1. The summed E-state index contributed by atoms with van der Waals surface area (Å²) < 4.78 is 39.8. The van der Waals surface area contributed by atoms with Gasteiger partial charge in [0.2, 0.25) is 0 Å². The number of benzene rings is 2. The normalized spacial score (nSPS) is 11.2. The van der Waals surface area contributed by atoms with Crippen molar-refractivity contribution < 1.29 is 22.7 Å². The lowest BCUT2D eigenvalue weighted by Gasteiger charge is -2.09. The van der Waals surface area contributed by atoms with Gasteiger partial charge in [-0.3, -0.25) is 4.79 Å². The fraction of sp³-hybridized carbons (Fsp3) is 0.133. The molecule has 104 valence electrons. The van der Waals surface area contributed by atoms with Gasteiger partial charge in [-0.05, 0) is 35.7 Å². The van der Waals surface area contributed by atoms with E-state index in [2.05, 4.69) is 4.74 Å². The molecule has 0 atom stereocenters. The smallest absolute Gasteiger partial charge is 0.406 e. The second-order valence-electron chi connectivity index (χ2n) is 4.23. The minimum atomic E-state index is -4.68. The van der Waals surface area contributed by atoms with E-state index in [-0.39, 0.29) is 5.75 Å². The van der Waals surface area contributed by atoms with Gasteiger partial charge in [0.15, 0.2) is 0 Å². The topological polar surface area (TPSA) is 26.3 Å². The van der Waals surface area contributed by atoms with E-state index < -0.39 is 6.36 Å². The fourth-order valence-corrected chi connectivity index (χ4v) is 1.82. The maximum Gasteiger partial charge on any atom is 0.573 e. The van der Waals surface area contributed by atoms with Crippen LogP contribution >= 0.6 is 0 Å². The molecule has 0 fully saturated rings. The summed E-state index contributed by atoms with van der Waals surface area (Å²) in [5.74, 6) is -0.247. The van der Waals surface area contributed by atoms with E-state index in [4.69, 9.17) is 0 Å². The van der Waals surface area contributed by atoms with Gasteiger partial charge in [-0.15, -0.1) is 13.2 Å². The van der Waals surface area contributed by atoms with Gasteiger partial charge in [-0.1, -0.05) is 30.3 Å². The van der Waals surface area contributed by atoms with Crippen LogP contribution in [0, 0.1) is 0 Å². The van der Waals surface area contributed by atoms with Crippen molar-refractivity contribution >= 4 is 6.29 Å². The molecule has 0 saturated heterocycles. The zero-order chi connectivity index (χ0) is 14.6. The van der Waals surface area contributed by atoms with Crippen molar-refractivity contribution in [3.8, 4) is 5.75 Å². The van der Waals surface area contributed by atoms with Crippen molar-refractivity contribution in [1.29, 1.82) is 0 Å². The minimum Gasteiger partial charge on any atom is -0.406 e. The maximum atomic E-state index is 12.0. The van der Waals surface area contributed by atoms with Crippen LogP contribution in [0.5, 0.6) is 5.75 Å². The highest BCUT2D eigenvalue weighted by Crippen LogP contribution is 2.23. The number of alkyl halides is 3. The van der Waals surface area contributed by atoms with E-state index in [1.807, 2.05) is 6.07 Å². The van der Waals surface area contributed by atoms with Crippen LogP contribution in [0.3, 0.4) is 0 Å². The van der Waals surface area contributed by atoms with Crippen LogP contribution < -0.4 is 4.74 Å². The van der Waals surface area contributed by atoms with Gasteiger partial charge in [-0.25, -0.2) is 0 Å². The molecular weight excluding hydrogens is 269 g/mol. The number of aldehydes is 1. The third kappa shape index (κ3) is 4.12. The van der Waals surface area contributed by atoms with Gasteiger partial charge < -0.3 is 4.74 Å². The Hall–Kier alpha value is -2.30. The second kappa shape index (κ2) is 5.77. The summed E-state index contributed by atoms with van der Waals surface area (Å²) in [6, 6.07) is 12.7. The Balaban J connectivity index is 2.08. The largest absolute Gasteiger partial charge is 0.573 e. The van der Waals surface area contributed by atoms with Crippen molar-refractivity contribution in [1.82, 2.24) is 0 Å². The van der Waals surface area contributed by atoms with Gasteiger partial charge in [-0.2, -0.15) is 0 Å². The summed E-state index contributed by atoms with van der Waals surface area (Å²) in [4.78, 5) is 10.7. The molecule has 0 N–H and O–H groups in total. The maximum absolute atomic E-state index is 12.0. The number of rotatable bonds is 4. The van der Waals surface area contributed by atoms with Gasteiger partial charge in [0.05, 0.1) is 0 Å². The van der Waals surface area contributed by atoms with E-state index in [9.17, 15) is 18.0 Å². The first-order valence-corrected chi connectivity index (χ1v) is 5.85. The average molecular weight is 280 g/mol. The highest BCUT2D eigenvalue weighted by atomic mass is 19.4. The van der Waals surface area contributed by atoms with E-state index in [1.54, 1.807) is 30.3 Å². The van der Waals surface area contributed by atoms with Crippen LogP contribution in [0.2, 0.25) is 0 Å². The van der Waals surface area contributed by atoms with Crippen LogP contribution in [0.25, 0.3) is 0 Å². The van der Waals surface area contributed by atoms with Gasteiger partial charge in [0.25, 0.3) is 0 Å². The monoisotopic (exact) mass is 280 g/mol. The first-order valence-electron chi connectivity index (χ1n) is 5.85. The first-order chi connectivity index (χ1) is 9.46. The zero-order valence-corrected chi connectivity index (χ0v) is 10.4. The molecule has 0 bridgehead atoms. The molecule has 0 aliphatic heterocycles. The number of ether oxygens (including phenoxy) is 1. The first kappa shape index (κ1) is 14.1. The summed E-state index contributed by atoms with van der Waals surface area (Å²) >= 11 is 0. The van der Waals surface area contributed by atoms with E-state index in [0.717, 1.165) is 17.4 Å². The number of hydrogen-bond donors (Lipinski definition) is 0. The predicted molar refractivity (Wildman–Crippen MR) is 67.8 cm³/mol. The van der Waals surface area contributed by atoms with Crippen LogP contribution in [-0.4, -0.2) is 12.6 Å². The Bertz CT molecular complexity index is 589. The Kier molecular flexibility index (Phi) is 4.08. The van der Waals surface area contributed by atoms with Crippen LogP contribution in [0.1, 0.15) is 21.5 Å². The van der Waals surface area contributed by atoms with E-state index in [1.165, 1.54) is 12.1 Å². The summed E-state index contributed by atoms with van der Waals surface area (Å²) in [5.41, 5.74) is 2.32. The number of carbonyl (C=O) groups is 1.